The van der Waals surface area contributed by atoms with Gasteiger partial charge in [0, 0.05) is 29.8 Å². The number of hydrazone groups is 1. The van der Waals surface area contributed by atoms with Crippen LogP contribution in [-0.4, -0.2) is 21.6 Å². The summed E-state index contributed by atoms with van der Waals surface area (Å²) >= 11 is 0. The largest absolute Gasteiger partial charge is 0.365 e. The SMILES string of the molecule is Cc1nc(NCc2ccccc2)c2ccc(C3=NNC(=O)CC3C)cc2n1. The van der Waals surface area contributed by atoms with Crippen molar-refractivity contribution in [1.82, 2.24) is 15.4 Å². The fraction of sp³-hybridized carbons (Fsp3) is 0.238. The van der Waals surface area contributed by atoms with Gasteiger partial charge in [-0.2, -0.15) is 5.10 Å². The van der Waals surface area contributed by atoms with E-state index in [0.717, 1.165) is 28.0 Å². The molecule has 1 amide bonds. The van der Waals surface area contributed by atoms with Crippen LogP contribution in [0.5, 0.6) is 0 Å². The Hall–Kier alpha value is -3.28. The molecule has 3 aromatic rings. The van der Waals surface area contributed by atoms with E-state index in [0.29, 0.717) is 18.8 Å². The Morgan fingerprint density at radius 2 is 1.96 bits per heavy atom. The van der Waals surface area contributed by atoms with Gasteiger partial charge < -0.3 is 5.32 Å². The molecule has 0 fully saturated rings. The van der Waals surface area contributed by atoms with Crippen molar-refractivity contribution in [1.29, 1.82) is 0 Å². The molecular formula is C21H21N5O. The summed E-state index contributed by atoms with van der Waals surface area (Å²) in [5, 5.41) is 8.63. The second kappa shape index (κ2) is 7.15. The minimum atomic E-state index is -0.0439. The van der Waals surface area contributed by atoms with Gasteiger partial charge in [-0.25, -0.2) is 15.4 Å². The maximum absolute atomic E-state index is 11.5. The molecule has 1 aliphatic heterocycles. The molecule has 0 bridgehead atoms. The molecule has 6 nitrogen and oxygen atoms in total. The van der Waals surface area contributed by atoms with Gasteiger partial charge in [0.05, 0.1) is 11.2 Å². The van der Waals surface area contributed by atoms with Crippen LogP contribution < -0.4 is 10.7 Å². The van der Waals surface area contributed by atoms with Crippen molar-refractivity contribution in [3.05, 3.63) is 65.5 Å². The highest BCUT2D eigenvalue weighted by atomic mass is 16.2. The first-order valence-corrected chi connectivity index (χ1v) is 9.03. The van der Waals surface area contributed by atoms with Crippen molar-refractivity contribution in [2.24, 2.45) is 11.0 Å². The zero-order chi connectivity index (χ0) is 18.8. The zero-order valence-electron chi connectivity index (χ0n) is 15.4. The molecule has 0 radical (unpaired) electrons. The second-order valence-electron chi connectivity index (χ2n) is 6.83. The van der Waals surface area contributed by atoms with Gasteiger partial charge in [0.2, 0.25) is 5.91 Å². The predicted octanol–water partition coefficient (Wildman–Crippen LogP) is 3.41. The van der Waals surface area contributed by atoms with Crippen molar-refractivity contribution < 1.29 is 4.79 Å². The van der Waals surface area contributed by atoms with E-state index in [4.69, 9.17) is 0 Å². The number of amides is 1. The lowest BCUT2D eigenvalue weighted by atomic mass is 9.93. The summed E-state index contributed by atoms with van der Waals surface area (Å²) in [5.74, 6) is 1.56. The van der Waals surface area contributed by atoms with Crippen molar-refractivity contribution >= 4 is 28.3 Å². The van der Waals surface area contributed by atoms with Crippen LogP contribution >= 0.6 is 0 Å². The summed E-state index contributed by atoms with van der Waals surface area (Å²) in [7, 11) is 0. The maximum Gasteiger partial charge on any atom is 0.240 e. The summed E-state index contributed by atoms with van der Waals surface area (Å²) in [6.45, 7) is 4.60. The number of hydrogen-bond acceptors (Lipinski definition) is 5. The van der Waals surface area contributed by atoms with Crippen molar-refractivity contribution in [3.63, 3.8) is 0 Å². The van der Waals surface area contributed by atoms with Crippen molar-refractivity contribution in [2.75, 3.05) is 5.32 Å². The highest BCUT2D eigenvalue weighted by Gasteiger charge is 2.22. The maximum atomic E-state index is 11.5. The Morgan fingerprint density at radius 3 is 2.74 bits per heavy atom. The van der Waals surface area contributed by atoms with Crippen LogP contribution in [0.4, 0.5) is 5.82 Å². The van der Waals surface area contributed by atoms with E-state index in [1.807, 2.05) is 50.2 Å². The minimum absolute atomic E-state index is 0.0439. The van der Waals surface area contributed by atoms with E-state index in [1.165, 1.54) is 5.56 Å². The second-order valence-corrected chi connectivity index (χ2v) is 6.83. The first kappa shape index (κ1) is 17.1. The summed E-state index contributed by atoms with van der Waals surface area (Å²) in [4.78, 5) is 20.7. The number of carbonyl (C=O) groups is 1. The number of hydrogen-bond donors (Lipinski definition) is 2. The highest BCUT2D eigenvalue weighted by molar-refractivity contribution is 6.07. The van der Waals surface area contributed by atoms with Crippen LogP contribution in [-0.2, 0) is 11.3 Å². The summed E-state index contributed by atoms with van der Waals surface area (Å²) in [6.07, 6.45) is 0.448. The van der Waals surface area contributed by atoms with E-state index in [9.17, 15) is 4.79 Å². The minimum Gasteiger partial charge on any atom is -0.365 e. The van der Waals surface area contributed by atoms with E-state index in [2.05, 4.69) is 37.9 Å². The number of rotatable bonds is 4. The van der Waals surface area contributed by atoms with Crippen LogP contribution in [0.25, 0.3) is 10.9 Å². The lowest BCUT2D eigenvalue weighted by molar-refractivity contribution is -0.121. The summed E-state index contributed by atoms with van der Waals surface area (Å²) in [5.41, 5.74) is 6.49. The Balaban J connectivity index is 1.67. The van der Waals surface area contributed by atoms with Crippen LogP contribution in [0.15, 0.2) is 53.6 Å². The van der Waals surface area contributed by atoms with Crippen LogP contribution in [0.1, 0.15) is 30.3 Å². The predicted molar refractivity (Wildman–Crippen MR) is 107 cm³/mol. The molecular weight excluding hydrogens is 338 g/mol. The van der Waals surface area contributed by atoms with Gasteiger partial charge in [-0.1, -0.05) is 43.3 Å². The van der Waals surface area contributed by atoms with E-state index in [-0.39, 0.29) is 11.8 Å². The molecule has 136 valence electrons. The lowest BCUT2D eigenvalue weighted by Gasteiger charge is -2.19. The zero-order valence-corrected chi connectivity index (χ0v) is 15.4. The molecule has 2 N–H and O–H groups in total. The molecule has 1 atom stereocenters. The molecule has 0 saturated carbocycles. The van der Waals surface area contributed by atoms with Gasteiger partial charge in [0.15, 0.2) is 0 Å². The summed E-state index contributed by atoms with van der Waals surface area (Å²) < 4.78 is 0. The molecule has 0 saturated heterocycles. The monoisotopic (exact) mass is 359 g/mol. The van der Waals surface area contributed by atoms with E-state index < -0.39 is 0 Å². The van der Waals surface area contributed by atoms with E-state index >= 15 is 0 Å². The smallest absolute Gasteiger partial charge is 0.240 e. The Bertz CT molecular complexity index is 1030. The number of fused-ring (bicyclic) bond motifs is 1. The first-order chi connectivity index (χ1) is 13.1. The molecule has 6 heteroatoms. The topological polar surface area (TPSA) is 79.3 Å². The molecule has 1 unspecified atom stereocenters. The van der Waals surface area contributed by atoms with Crippen LogP contribution in [0.2, 0.25) is 0 Å². The van der Waals surface area contributed by atoms with Gasteiger partial charge in [-0.3, -0.25) is 4.79 Å². The average molecular weight is 359 g/mol. The van der Waals surface area contributed by atoms with Crippen molar-refractivity contribution in [2.45, 2.75) is 26.8 Å². The first-order valence-electron chi connectivity index (χ1n) is 9.03. The molecule has 0 aliphatic carbocycles. The molecule has 1 aliphatic rings. The Labute approximate surface area is 157 Å². The summed E-state index contributed by atoms with van der Waals surface area (Å²) in [6, 6.07) is 16.3. The highest BCUT2D eigenvalue weighted by Crippen LogP contribution is 2.25. The number of nitrogens with one attached hydrogen (secondary N) is 2. The standard InChI is InChI=1S/C21H21N5O/c1-13-10-19(27)25-26-20(13)16-8-9-17-18(11-16)23-14(2)24-21(17)22-12-15-6-4-3-5-7-15/h3-9,11,13H,10,12H2,1-2H3,(H,25,27)(H,22,23,24). The van der Waals surface area contributed by atoms with Crippen molar-refractivity contribution in [3.8, 4) is 0 Å². The number of carbonyl (C=O) groups excluding carboxylic acids is 1. The Morgan fingerprint density at radius 1 is 1.15 bits per heavy atom. The van der Waals surface area contributed by atoms with Crippen LogP contribution in [0, 0.1) is 12.8 Å². The molecule has 4 rings (SSSR count). The number of benzene rings is 2. The molecule has 2 aromatic carbocycles. The fourth-order valence-electron chi connectivity index (χ4n) is 3.32. The molecule has 1 aromatic heterocycles. The third kappa shape index (κ3) is 3.65. The Kier molecular flexibility index (Phi) is 4.54. The van der Waals surface area contributed by atoms with Gasteiger partial charge in [0.1, 0.15) is 11.6 Å². The number of aromatic nitrogens is 2. The van der Waals surface area contributed by atoms with Gasteiger partial charge in [-0.15, -0.1) is 0 Å². The molecule has 0 spiro atoms. The normalized spacial score (nSPS) is 16.7. The third-order valence-electron chi connectivity index (χ3n) is 4.67. The van der Waals surface area contributed by atoms with Gasteiger partial charge >= 0.3 is 0 Å². The average Bonchev–Trinajstić information content (AvgIpc) is 2.66. The van der Waals surface area contributed by atoms with Crippen LogP contribution in [0.3, 0.4) is 0 Å². The lowest BCUT2D eigenvalue weighted by Crippen LogP contribution is -2.31. The molecule has 27 heavy (non-hydrogen) atoms. The van der Waals surface area contributed by atoms with Gasteiger partial charge in [-0.05, 0) is 24.6 Å². The fourth-order valence-corrected chi connectivity index (χ4v) is 3.32. The quantitative estimate of drug-likeness (QED) is 0.748. The van der Waals surface area contributed by atoms with Gasteiger partial charge in [0.25, 0.3) is 0 Å². The molecule has 2 heterocycles. The third-order valence-corrected chi connectivity index (χ3v) is 4.67. The number of anilines is 1. The number of aryl methyl sites for hydroxylation is 1. The number of nitrogens with zero attached hydrogens (tertiary/aromatic N) is 3. The van der Waals surface area contributed by atoms with E-state index in [1.54, 1.807) is 0 Å².